The van der Waals surface area contributed by atoms with Gasteiger partial charge in [-0.1, -0.05) is 18.1 Å². The molecule has 0 atom stereocenters. The molecule has 84 valence electrons. The van der Waals surface area contributed by atoms with Gasteiger partial charge in [0.15, 0.2) is 5.75 Å². The fourth-order valence-corrected chi connectivity index (χ4v) is 1.43. The molecular weight excluding hydrogens is 220 g/mol. The Balaban J connectivity index is 2.66. The number of terminal acetylenes is 1. The summed E-state index contributed by atoms with van der Waals surface area (Å²) in [6.07, 6.45) is 5.09. The average molecular weight is 228 g/mol. The topological polar surface area (TPSA) is 72.3 Å². The molecule has 1 aromatic heterocycles. The van der Waals surface area contributed by atoms with Crippen LogP contribution in [-0.2, 0) is 0 Å². The number of aromatic nitrogens is 2. The van der Waals surface area contributed by atoms with E-state index in [2.05, 4.69) is 16.1 Å². The summed E-state index contributed by atoms with van der Waals surface area (Å²) in [6, 6.07) is 6.97. The van der Waals surface area contributed by atoms with Crippen LogP contribution in [-0.4, -0.2) is 27.9 Å². The van der Waals surface area contributed by atoms with Crippen molar-refractivity contribution < 1.29 is 14.6 Å². The first kappa shape index (κ1) is 10.9. The minimum Gasteiger partial charge on any atom is -0.478 e. The van der Waals surface area contributed by atoms with Crippen LogP contribution >= 0.6 is 0 Å². The molecule has 0 spiro atoms. The molecule has 0 saturated heterocycles. The van der Waals surface area contributed by atoms with E-state index in [1.54, 1.807) is 24.3 Å². The highest BCUT2D eigenvalue weighted by molar-refractivity contribution is 5.96. The quantitative estimate of drug-likeness (QED) is 0.802. The summed E-state index contributed by atoms with van der Waals surface area (Å²) in [5, 5.41) is 17.0. The Morgan fingerprint density at radius 2 is 2.18 bits per heavy atom. The number of nitrogens with zero attached hydrogens (tertiary/aromatic N) is 2. The first-order valence-corrected chi connectivity index (χ1v) is 4.79. The highest BCUT2D eigenvalue weighted by Gasteiger charge is 2.17. The van der Waals surface area contributed by atoms with Gasteiger partial charge in [0.25, 0.3) is 0 Å². The third-order valence-corrected chi connectivity index (χ3v) is 2.12. The molecule has 17 heavy (non-hydrogen) atoms. The minimum absolute atomic E-state index is 0.0179. The third kappa shape index (κ3) is 2.01. The summed E-state index contributed by atoms with van der Waals surface area (Å²) < 4.78 is 5.24. The number of carboxylic acid groups (broad SMARTS) is 1. The molecule has 0 aliphatic heterocycles. The predicted octanol–water partition coefficient (Wildman–Crippen LogP) is 1.34. The monoisotopic (exact) mass is 228 g/mol. The summed E-state index contributed by atoms with van der Waals surface area (Å²) in [7, 11) is 0. The van der Waals surface area contributed by atoms with Crippen LogP contribution in [0.2, 0.25) is 0 Å². The number of benzene rings is 1. The lowest BCUT2D eigenvalue weighted by Gasteiger charge is -2.08. The van der Waals surface area contributed by atoms with E-state index in [1.165, 1.54) is 0 Å². The van der Waals surface area contributed by atoms with Crippen molar-refractivity contribution in [2.24, 2.45) is 0 Å². The predicted molar refractivity (Wildman–Crippen MR) is 60.8 cm³/mol. The fraction of sp³-hybridized carbons (Fsp3) is 0.0833. The average Bonchev–Trinajstić information content (AvgIpc) is 2.35. The normalized spacial score (nSPS) is 9.82. The summed E-state index contributed by atoms with van der Waals surface area (Å²) in [5.41, 5.74) is 0.323. The van der Waals surface area contributed by atoms with Gasteiger partial charge in [-0.15, -0.1) is 16.6 Å². The van der Waals surface area contributed by atoms with Gasteiger partial charge >= 0.3 is 5.97 Å². The van der Waals surface area contributed by atoms with Gasteiger partial charge in [-0.05, 0) is 12.1 Å². The molecule has 1 N–H and O–H groups in total. The highest BCUT2D eigenvalue weighted by Crippen LogP contribution is 2.26. The van der Waals surface area contributed by atoms with Crippen molar-refractivity contribution in [3.05, 3.63) is 30.0 Å². The first-order valence-electron chi connectivity index (χ1n) is 4.79. The van der Waals surface area contributed by atoms with E-state index in [4.69, 9.17) is 16.3 Å². The zero-order valence-corrected chi connectivity index (χ0v) is 8.75. The Kier molecular flexibility index (Phi) is 2.88. The maximum absolute atomic E-state index is 11.0. The second-order valence-corrected chi connectivity index (χ2v) is 3.19. The van der Waals surface area contributed by atoms with Gasteiger partial charge in [-0.3, -0.25) is 0 Å². The molecule has 5 nitrogen and oxygen atoms in total. The smallest absolute Gasteiger partial charge is 0.360 e. The standard InChI is InChI=1S/C12H8N2O3/c1-2-7-17-11-8-5-3-4-6-9(8)13-14-10(11)12(15)16/h1,3-6H,7H2,(H,15,16). The van der Waals surface area contributed by atoms with Gasteiger partial charge < -0.3 is 9.84 Å². The second-order valence-electron chi connectivity index (χ2n) is 3.19. The first-order chi connectivity index (χ1) is 8.24. The van der Waals surface area contributed by atoms with Crippen molar-refractivity contribution >= 4 is 16.9 Å². The van der Waals surface area contributed by atoms with Crippen LogP contribution in [0.4, 0.5) is 0 Å². The minimum atomic E-state index is -1.20. The molecule has 0 amide bonds. The van der Waals surface area contributed by atoms with Crippen LogP contribution in [0, 0.1) is 12.3 Å². The molecule has 0 bridgehead atoms. The number of carbonyl (C=O) groups is 1. The molecule has 2 rings (SSSR count). The van der Waals surface area contributed by atoms with Crippen LogP contribution in [0.5, 0.6) is 5.75 Å². The molecule has 1 aromatic carbocycles. The molecular formula is C12H8N2O3. The van der Waals surface area contributed by atoms with E-state index in [0.29, 0.717) is 10.9 Å². The van der Waals surface area contributed by atoms with Gasteiger partial charge in [-0.2, -0.15) is 0 Å². The lowest BCUT2D eigenvalue weighted by Crippen LogP contribution is -2.08. The molecule has 0 aliphatic carbocycles. The van der Waals surface area contributed by atoms with Crippen LogP contribution in [0.25, 0.3) is 10.9 Å². The third-order valence-electron chi connectivity index (χ3n) is 2.12. The fourth-order valence-electron chi connectivity index (χ4n) is 1.43. The molecule has 0 fully saturated rings. The summed E-state index contributed by atoms with van der Waals surface area (Å²) >= 11 is 0. The van der Waals surface area contributed by atoms with E-state index in [1.807, 2.05) is 0 Å². The van der Waals surface area contributed by atoms with E-state index >= 15 is 0 Å². The molecule has 0 unspecified atom stereocenters. The van der Waals surface area contributed by atoms with E-state index in [-0.39, 0.29) is 18.1 Å². The largest absolute Gasteiger partial charge is 0.478 e. The van der Waals surface area contributed by atoms with Crippen molar-refractivity contribution in [1.82, 2.24) is 10.2 Å². The van der Waals surface area contributed by atoms with E-state index < -0.39 is 5.97 Å². The Hall–Kier alpha value is -2.61. The maximum atomic E-state index is 11.0. The molecule has 0 saturated carbocycles. The Morgan fingerprint density at radius 1 is 1.41 bits per heavy atom. The van der Waals surface area contributed by atoms with E-state index in [0.717, 1.165) is 0 Å². The molecule has 0 radical (unpaired) electrons. The Morgan fingerprint density at radius 3 is 2.88 bits per heavy atom. The Labute approximate surface area is 97.0 Å². The van der Waals surface area contributed by atoms with Gasteiger partial charge in [-0.25, -0.2) is 4.79 Å². The molecule has 5 heteroatoms. The van der Waals surface area contributed by atoms with Gasteiger partial charge in [0.05, 0.1) is 5.52 Å². The van der Waals surface area contributed by atoms with Crippen molar-refractivity contribution in [1.29, 1.82) is 0 Å². The lowest BCUT2D eigenvalue weighted by atomic mass is 10.2. The number of hydrogen-bond acceptors (Lipinski definition) is 4. The zero-order chi connectivity index (χ0) is 12.3. The van der Waals surface area contributed by atoms with Crippen LogP contribution < -0.4 is 4.74 Å². The molecule has 1 heterocycles. The highest BCUT2D eigenvalue weighted by atomic mass is 16.5. The molecule has 2 aromatic rings. The summed E-state index contributed by atoms with van der Waals surface area (Å²) in [5.74, 6) is 1.24. The number of ether oxygens (including phenoxy) is 1. The summed E-state index contributed by atoms with van der Waals surface area (Å²) in [4.78, 5) is 11.0. The second kappa shape index (κ2) is 4.49. The number of hydrogen-bond donors (Lipinski definition) is 1. The van der Waals surface area contributed by atoms with Crippen LogP contribution in [0.1, 0.15) is 10.5 Å². The van der Waals surface area contributed by atoms with Gasteiger partial charge in [0.1, 0.15) is 6.61 Å². The maximum Gasteiger partial charge on any atom is 0.360 e. The van der Waals surface area contributed by atoms with Gasteiger partial charge in [0, 0.05) is 5.39 Å². The Bertz CT molecular complexity index is 617. The zero-order valence-electron chi connectivity index (χ0n) is 8.75. The number of rotatable bonds is 3. The number of carboxylic acids is 1. The lowest BCUT2D eigenvalue weighted by molar-refractivity contribution is 0.0685. The van der Waals surface area contributed by atoms with Crippen molar-refractivity contribution in [3.63, 3.8) is 0 Å². The SMILES string of the molecule is C#CCOc1c(C(=O)O)nnc2ccccc12. The van der Waals surface area contributed by atoms with Crippen molar-refractivity contribution in [2.45, 2.75) is 0 Å². The van der Waals surface area contributed by atoms with Crippen molar-refractivity contribution in [2.75, 3.05) is 6.61 Å². The van der Waals surface area contributed by atoms with Crippen LogP contribution in [0.15, 0.2) is 24.3 Å². The van der Waals surface area contributed by atoms with Gasteiger partial charge in [0.2, 0.25) is 5.69 Å². The van der Waals surface area contributed by atoms with E-state index in [9.17, 15) is 4.79 Å². The summed E-state index contributed by atoms with van der Waals surface area (Å²) in [6.45, 7) is -0.0179. The number of aromatic carboxylic acids is 1. The molecule has 0 aliphatic rings. The van der Waals surface area contributed by atoms with Crippen LogP contribution in [0.3, 0.4) is 0 Å². The number of fused-ring (bicyclic) bond motifs is 1. The van der Waals surface area contributed by atoms with Crippen molar-refractivity contribution in [3.8, 4) is 18.1 Å².